The average molecular weight is 435 g/mol. The van der Waals surface area contributed by atoms with Gasteiger partial charge in [0.1, 0.15) is 6.54 Å². The van der Waals surface area contributed by atoms with E-state index < -0.39 is 5.91 Å². The number of nitrogens with zero attached hydrogens (tertiary/aromatic N) is 4. The van der Waals surface area contributed by atoms with Crippen molar-refractivity contribution in [3.8, 4) is 11.4 Å². The summed E-state index contributed by atoms with van der Waals surface area (Å²) >= 11 is 0. The van der Waals surface area contributed by atoms with E-state index in [0.717, 1.165) is 27.7 Å². The number of nitrogens with two attached hydrogens (primary N) is 1. The number of amides is 1. The Morgan fingerprint density at radius 2 is 1.64 bits per heavy atom. The molecule has 3 aromatic carbocycles. The number of carbonyl (C=O) groups is 1. The molecule has 0 spiro atoms. The van der Waals surface area contributed by atoms with Gasteiger partial charge in [0, 0.05) is 27.7 Å². The van der Waals surface area contributed by atoms with Crippen molar-refractivity contribution in [3.05, 3.63) is 100 Å². The molecule has 0 aliphatic rings. The van der Waals surface area contributed by atoms with Crippen molar-refractivity contribution in [2.24, 2.45) is 10.8 Å². The minimum absolute atomic E-state index is 0.0624. The highest BCUT2D eigenvalue weighted by atomic mass is 16.1. The van der Waals surface area contributed by atoms with Crippen LogP contribution in [-0.2, 0) is 11.3 Å². The van der Waals surface area contributed by atoms with Crippen LogP contribution in [0.1, 0.15) is 11.3 Å². The molecule has 0 aliphatic carbocycles. The first-order chi connectivity index (χ1) is 16.0. The summed E-state index contributed by atoms with van der Waals surface area (Å²) in [6.45, 7) is 1.97. The summed E-state index contributed by atoms with van der Waals surface area (Å²) < 4.78 is 3.19. The highest BCUT2D eigenvalue weighted by Crippen LogP contribution is 2.25. The molecule has 162 valence electrons. The molecule has 0 radical (unpaired) electrons. The van der Waals surface area contributed by atoms with Crippen LogP contribution < -0.4 is 11.3 Å². The quantitative estimate of drug-likeness (QED) is 0.427. The van der Waals surface area contributed by atoms with Crippen LogP contribution in [0.4, 0.5) is 0 Å². The molecule has 5 rings (SSSR count). The first-order valence-corrected chi connectivity index (χ1v) is 10.5. The van der Waals surface area contributed by atoms with Gasteiger partial charge in [0.15, 0.2) is 5.82 Å². The highest BCUT2D eigenvalue weighted by molar-refractivity contribution is 6.01. The zero-order valence-electron chi connectivity index (χ0n) is 18.0. The monoisotopic (exact) mass is 435 g/mol. The smallest absolute Gasteiger partial charge is 0.282 e. The Hall–Kier alpha value is -4.52. The second-order valence-corrected chi connectivity index (χ2v) is 7.75. The first kappa shape index (κ1) is 20.4. The molecule has 2 aromatic heterocycles. The standard InChI is InChI=1S/C26H21N5O2/c1-17-21(19-11-6-8-14-23(19)30(17)16-24(27)32)15-28-31-25(18-9-3-2-4-10-18)29-22-13-7-5-12-20(22)26(31)33/h2-15H,16H2,1H3,(H2,27,32). The Bertz CT molecular complexity index is 1600. The number of rotatable bonds is 5. The lowest BCUT2D eigenvalue weighted by atomic mass is 10.1. The van der Waals surface area contributed by atoms with E-state index in [-0.39, 0.29) is 12.1 Å². The number of carbonyl (C=O) groups excluding carboxylic acids is 1. The Balaban J connectivity index is 1.74. The third kappa shape index (κ3) is 3.59. The number of hydrogen-bond acceptors (Lipinski definition) is 4. The van der Waals surface area contributed by atoms with Gasteiger partial charge in [-0.1, -0.05) is 60.7 Å². The van der Waals surface area contributed by atoms with E-state index in [1.165, 1.54) is 4.68 Å². The summed E-state index contributed by atoms with van der Waals surface area (Å²) in [5.74, 6) is 0.0257. The van der Waals surface area contributed by atoms with E-state index in [9.17, 15) is 9.59 Å². The van der Waals surface area contributed by atoms with Gasteiger partial charge in [0.25, 0.3) is 5.56 Å². The van der Waals surface area contributed by atoms with Crippen molar-refractivity contribution in [1.29, 1.82) is 0 Å². The van der Waals surface area contributed by atoms with E-state index in [1.54, 1.807) is 12.3 Å². The van der Waals surface area contributed by atoms with Crippen LogP contribution in [0.3, 0.4) is 0 Å². The molecule has 0 atom stereocenters. The fourth-order valence-corrected chi connectivity index (χ4v) is 4.10. The molecule has 0 unspecified atom stereocenters. The fourth-order valence-electron chi connectivity index (χ4n) is 4.10. The topological polar surface area (TPSA) is 95.3 Å². The molecule has 0 saturated heterocycles. The summed E-state index contributed by atoms with van der Waals surface area (Å²) in [5.41, 5.74) is 9.13. The Labute approximate surface area is 189 Å². The summed E-state index contributed by atoms with van der Waals surface area (Å²) in [7, 11) is 0. The molecule has 0 fully saturated rings. The van der Waals surface area contributed by atoms with Crippen molar-refractivity contribution in [3.63, 3.8) is 0 Å². The normalized spacial score (nSPS) is 11.5. The molecule has 1 amide bonds. The SMILES string of the molecule is Cc1c(C=Nn2c(-c3ccccc3)nc3ccccc3c2=O)c2ccccc2n1CC(N)=O. The molecule has 0 bridgehead atoms. The lowest BCUT2D eigenvalue weighted by Gasteiger charge is -2.09. The zero-order valence-corrected chi connectivity index (χ0v) is 18.0. The van der Waals surface area contributed by atoms with E-state index in [2.05, 4.69) is 5.10 Å². The third-order valence-electron chi connectivity index (χ3n) is 5.68. The number of hydrogen-bond donors (Lipinski definition) is 1. The van der Waals surface area contributed by atoms with Gasteiger partial charge >= 0.3 is 0 Å². The van der Waals surface area contributed by atoms with Crippen LogP contribution >= 0.6 is 0 Å². The maximum absolute atomic E-state index is 13.4. The molecule has 5 aromatic rings. The molecule has 2 N–H and O–H groups in total. The summed E-state index contributed by atoms with van der Waals surface area (Å²) in [5, 5.41) is 6.00. The van der Waals surface area contributed by atoms with E-state index in [4.69, 9.17) is 10.7 Å². The number of para-hydroxylation sites is 2. The van der Waals surface area contributed by atoms with E-state index in [0.29, 0.717) is 16.7 Å². The van der Waals surface area contributed by atoms with Crippen LogP contribution in [0.5, 0.6) is 0 Å². The van der Waals surface area contributed by atoms with Crippen LogP contribution in [-0.4, -0.2) is 26.3 Å². The molecule has 0 saturated carbocycles. The number of aromatic nitrogens is 3. The van der Waals surface area contributed by atoms with Crippen LogP contribution in [0.25, 0.3) is 33.2 Å². The summed E-state index contributed by atoms with van der Waals surface area (Å²) in [4.78, 5) is 29.8. The Kier molecular flexibility index (Phi) is 5.06. The van der Waals surface area contributed by atoms with Gasteiger partial charge in [0.05, 0.1) is 17.1 Å². The van der Waals surface area contributed by atoms with Gasteiger partial charge in [-0.15, -0.1) is 0 Å². The Morgan fingerprint density at radius 1 is 0.970 bits per heavy atom. The molecular weight excluding hydrogens is 414 g/mol. The van der Waals surface area contributed by atoms with Crippen molar-refractivity contribution in [1.82, 2.24) is 14.2 Å². The van der Waals surface area contributed by atoms with Gasteiger partial charge in [-0.2, -0.15) is 9.78 Å². The van der Waals surface area contributed by atoms with Gasteiger partial charge in [-0.3, -0.25) is 9.59 Å². The second kappa shape index (κ2) is 8.20. The minimum Gasteiger partial charge on any atom is -0.368 e. The molecular formula is C26H21N5O2. The lowest BCUT2D eigenvalue weighted by molar-refractivity contribution is -0.118. The first-order valence-electron chi connectivity index (χ1n) is 10.5. The number of benzene rings is 3. The van der Waals surface area contributed by atoms with Crippen molar-refractivity contribution >= 4 is 33.9 Å². The number of primary amides is 1. The van der Waals surface area contributed by atoms with E-state index >= 15 is 0 Å². The van der Waals surface area contributed by atoms with Crippen molar-refractivity contribution < 1.29 is 4.79 Å². The predicted octanol–water partition coefficient (Wildman–Crippen LogP) is 3.69. The molecule has 33 heavy (non-hydrogen) atoms. The van der Waals surface area contributed by atoms with Crippen LogP contribution in [0.2, 0.25) is 0 Å². The van der Waals surface area contributed by atoms with Gasteiger partial charge in [-0.05, 0) is 25.1 Å². The molecule has 0 aliphatic heterocycles. The average Bonchev–Trinajstić information content (AvgIpc) is 3.09. The number of fused-ring (bicyclic) bond motifs is 2. The molecule has 7 nitrogen and oxygen atoms in total. The third-order valence-corrected chi connectivity index (χ3v) is 5.68. The molecule has 7 heteroatoms. The van der Waals surface area contributed by atoms with Gasteiger partial charge < -0.3 is 10.3 Å². The Morgan fingerprint density at radius 3 is 2.39 bits per heavy atom. The van der Waals surface area contributed by atoms with Crippen molar-refractivity contribution in [2.75, 3.05) is 0 Å². The zero-order chi connectivity index (χ0) is 22.9. The van der Waals surface area contributed by atoms with Gasteiger partial charge in [0.2, 0.25) is 5.91 Å². The summed E-state index contributed by atoms with van der Waals surface area (Å²) in [6, 6.07) is 24.4. The maximum Gasteiger partial charge on any atom is 0.282 e. The highest BCUT2D eigenvalue weighted by Gasteiger charge is 2.15. The van der Waals surface area contributed by atoms with Crippen LogP contribution in [0.15, 0.2) is 88.8 Å². The van der Waals surface area contributed by atoms with Crippen molar-refractivity contribution in [2.45, 2.75) is 13.5 Å². The second-order valence-electron chi connectivity index (χ2n) is 7.75. The minimum atomic E-state index is -0.427. The van der Waals surface area contributed by atoms with E-state index in [1.807, 2.05) is 84.3 Å². The predicted molar refractivity (Wildman–Crippen MR) is 130 cm³/mol. The molecule has 2 heterocycles. The van der Waals surface area contributed by atoms with Gasteiger partial charge in [-0.25, -0.2) is 4.98 Å². The largest absolute Gasteiger partial charge is 0.368 e. The summed E-state index contributed by atoms with van der Waals surface area (Å²) in [6.07, 6.45) is 1.65. The maximum atomic E-state index is 13.4. The lowest BCUT2D eigenvalue weighted by Crippen LogP contribution is -2.20. The fraction of sp³-hybridized carbons (Fsp3) is 0.0769. The van der Waals surface area contributed by atoms with Crippen LogP contribution in [0, 0.1) is 6.92 Å².